The minimum Gasteiger partial charge on any atom is -0.364 e. The Morgan fingerprint density at radius 1 is 1.19 bits per heavy atom. The average Bonchev–Trinajstić information content (AvgIpc) is 3.49. The van der Waals surface area contributed by atoms with Crippen LogP contribution in [-0.2, 0) is 17.6 Å². The number of hydrogen-bond acceptors (Lipinski definition) is 6. The molecule has 0 saturated heterocycles. The van der Waals surface area contributed by atoms with Gasteiger partial charge in [-0.1, -0.05) is 38.8 Å². The summed E-state index contributed by atoms with van der Waals surface area (Å²) in [6.07, 6.45) is 6.06. The van der Waals surface area contributed by atoms with Gasteiger partial charge in [0.05, 0.1) is 11.4 Å². The standard InChI is InChI=1S/C26H33FN6O3/c1-5-19-18(13-36-33-19)25(34)30-23(16-9-7-14(3)8-10-16)26(35)29-21-12-11-17(24(27)28-21)22-15(4)31-32-20(22)6-2/h11-14,16,23H,5-10H2,1-4H3,(H,30,34)(H,31,32)(H,28,29,35). The van der Waals surface area contributed by atoms with E-state index in [9.17, 15) is 9.59 Å². The van der Waals surface area contributed by atoms with Gasteiger partial charge < -0.3 is 15.2 Å². The lowest BCUT2D eigenvalue weighted by Gasteiger charge is -2.32. The third-order valence-corrected chi connectivity index (χ3v) is 7.07. The molecule has 1 atom stereocenters. The van der Waals surface area contributed by atoms with Crippen molar-refractivity contribution in [2.45, 2.75) is 72.3 Å². The summed E-state index contributed by atoms with van der Waals surface area (Å²) in [4.78, 5) is 30.4. The molecule has 192 valence electrons. The van der Waals surface area contributed by atoms with Crippen LogP contribution in [0, 0.1) is 24.7 Å². The topological polar surface area (TPSA) is 126 Å². The maximum Gasteiger partial charge on any atom is 0.257 e. The molecular formula is C26H33FN6O3. The van der Waals surface area contributed by atoms with Crippen molar-refractivity contribution in [3.63, 3.8) is 0 Å². The highest BCUT2D eigenvalue weighted by Gasteiger charge is 2.34. The molecule has 1 aliphatic rings. The average molecular weight is 497 g/mol. The van der Waals surface area contributed by atoms with Crippen molar-refractivity contribution in [3.05, 3.63) is 47.0 Å². The van der Waals surface area contributed by atoms with Gasteiger partial charge in [0.15, 0.2) is 0 Å². The Morgan fingerprint density at radius 2 is 1.94 bits per heavy atom. The number of hydrogen-bond donors (Lipinski definition) is 3. The largest absolute Gasteiger partial charge is 0.364 e. The molecule has 2 amide bonds. The number of carbonyl (C=O) groups excluding carboxylic acids is 2. The summed E-state index contributed by atoms with van der Waals surface area (Å²) in [7, 11) is 0. The molecule has 3 heterocycles. The van der Waals surface area contributed by atoms with Crippen molar-refractivity contribution >= 4 is 17.6 Å². The van der Waals surface area contributed by atoms with Crippen molar-refractivity contribution < 1.29 is 18.5 Å². The van der Waals surface area contributed by atoms with E-state index in [0.29, 0.717) is 46.8 Å². The number of anilines is 1. The fourth-order valence-electron chi connectivity index (χ4n) is 4.92. The zero-order chi connectivity index (χ0) is 25.8. The van der Waals surface area contributed by atoms with Gasteiger partial charge in [0.1, 0.15) is 23.7 Å². The highest BCUT2D eigenvalue weighted by atomic mass is 19.1. The number of nitrogens with one attached hydrogen (secondary N) is 3. The molecule has 36 heavy (non-hydrogen) atoms. The number of aromatic amines is 1. The molecule has 0 aromatic carbocycles. The van der Waals surface area contributed by atoms with Gasteiger partial charge in [-0.15, -0.1) is 0 Å². The van der Waals surface area contributed by atoms with Crippen LogP contribution in [-0.4, -0.2) is 38.2 Å². The quantitative estimate of drug-likeness (QED) is 0.392. The number of rotatable bonds is 8. The van der Waals surface area contributed by atoms with Crippen LogP contribution in [0.1, 0.15) is 73.9 Å². The Hall–Kier alpha value is -3.56. The molecule has 1 fully saturated rings. The molecule has 3 aromatic heterocycles. The molecule has 1 aliphatic carbocycles. The number of nitrogens with zero attached hydrogens (tertiary/aromatic N) is 3. The molecule has 0 spiro atoms. The van der Waals surface area contributed by atoms with Gasteiger partial charge in [-0.3, -0.25) is 14.7 Å². The second kappa shape index (κ2) is 11.0. The monoisotopic (exact) mass is 496 g/mol. The van der Waals surface area contributed by atoms with Crippen molar-refractivity contribution in [2.24, 2.45) is 11.8 Å². The summed E-state index contributed by atoms with van der Waals surface area (Å²) in [6, 6.07) is 2.37. The van der Waals surface area contributed by atoms with E-state index < -0.39 is 23.8 Å². The fraction of sp³-hybridized carbons (Fsp3) is 0.500. The van der Waals surface area contributed by atoms with Gasteiger partial charge in [0.2, 0.25) is 11.9 Å². The van der Waals surface area contributed by atoms with Crippen LogP contribution >= 0.6 is 0 Å². The highest BCUT2D eigenvalue weighted by molar-refractivity contribution is 6.01. The number of amides is 2. The van der Waals surface area contributed by atoms with Gasteiger partial charge in [0, 0.05) is 16.8 Å². The number of H-pyrrole nitrogens is 1. The molecule has 0 aliphatic heterocycles. The molecule has 9 nitrogen and oxygen atoms in total. The van der Waals surface area contributed by atoms with Crippen LogP contribution in [0.4, 0.5) is 10.2 Å². The number of halogens is 1. The lowest BCUT2D eigenvalue weighted by molar-refractivity contribution is -0.119. The number of carbonyl (C=O) groups is 2. The van der Waals surface area contributed by atoms with E-state index in [1.165, 1.54) is 6.26 Å². The van der Waals surface area contributed by atoms with Crippen LogP contribution in [0.5, 0.6) is 0 Å². The second-order valence-electron chi connectivity index (χ2n) is 9.54. The number of aryl methyl sites for hydroxylation is 3. The van der Waals surface area contributed by atoms with Crippen LogP contribution in [0.15, 0.2) is 22.9 Å². The summed E-state index contributed by atoms with van der Waals surface area (Å²) in [5.74, 6) is -0.915. The first kappa shape index (κ1) is 25.5. The van der Waals surface area contributed by atoms with Crippen LogP contribution in [0.25, 0.3) is 11.1 Å². The Labute approximate surface area is 209 Å². The van der Waals surface area contributed by atoms with Gasteiger partial charge in [-0.05, 0) is 56.6 Å². The molecule has 3 N–H and O–H groups in total. The Morgan fingerprint density at radius 3 is 2.61 bits per heavy atom. The van der Waals surface area contributed by atoms with Crippen LogP contribution in [0.2, 0.25) is 0 Å². The smallest absolute Gasteiger partial charge is 0.257 e. The Bertz CT molecular complexity index is 1230. The number of aromatic nitrogens is 4. The van der Waals surface area contributed by atoms with Gasteiger partial charge in [-0.25, -0.2) is 4.98 Å². The minimum absolute atomic E-state index is 0.0418. The zero-order valence-corrected chi connectivity index (χ0v) is 21.2. The zero-order valence-electron chi connectivity index (χ0n) is 21.2. The minimum atomic E-state index is -0.794. The maximum absolute atomic E-state index is 15.0. The van der Waals surface area contributed by atoms with Gasteiger partial charge >= 0.3 is 0 Å². The van der Waals surface area contributed by atoms with Crippen molar-refractivity contribution in [3.8, 4) is 11.1 Å². The molecule has 1 saturated carbocycles. The molecule has 1 unspecified atom stereocenters. The third-order valence-electron chi connectivity index (χ3n) is 7.07. The Kier molecular flexibility index (Phi) is 7.81. The highest BCUT2D eigenvalue weighted by Crippen LogP contribution is 2.32. The van der Waals surface area contributed by atoms with Crippen LogP contribution in [0.3, 0.4) is 0 Å². The lowest BCUT2D eigenvalue weighted by Crippen LogP contribution is -2.49. The second-order valence-corrected chi connectivity index (χ2v) is 9.54. The Balaban J connectivity index is 1.55. The van der Waals surface area contributed by atoms with Crippen molar-refractivity contribution in [2.75, 3.05) is 5.32 Å². The van der Waals surface area contributed by atoms with Crippen LogP contribution < -0.4 is 10.6 Å². The first-order valence-electron chi connectivity index (χ1n) is 12.6. The summed E-state index contributed by atoms with van der Waals surface area (Å²) in [6.45, 7) is 7.83. The van der Waals surface area contributed by atoms with E-state index in [0.717, 1.165) is 31.4 Å². The third kappa shape index (κ3) is 5.32. The normalized spacial score (nSPS) is 18.6. The summed E-state index contributed by atoms with van der Waals surface area (Å²) < 4.78 is 20.0. The first-order valence-corrected chi connectivity index (χ1v) is 12.6. The lowest BCUT2D eigenvalue weighted by atomic mass is 9.79. The van der Waals surface area contributed by atoms with E-state index in [1.807, 2.05) is 13.8 Å². The molecule has 0 radical (unpaired) electrons. The SMILES string of the molecule is CCc1nocc1C(=O)NC(C(=O)Nc1ccc(-c2c(C)n[nH]c2CC)c(F)n1)C1CCC(C)CC1. The van der Waals surface area contributed by atoms with E-state index in [4.69, 9.17) is 4.52 Å². The first-order chi connectivity index (χ1) is 17.3. The van der Waals surface area contributed by atoms with Gasteiger partial charge in [0.25, 0.3) is 5.91 Å². The predicted molar refractivity (Wildman–Crippen MR) is 133 cm³/mol. The fourth-order valence-corrected chi connectivity index (χ4v) is 4.92. The molecule has 10 heteroatoms. The number of pyridine rings is 1. The summed E-state index contributed by atoms with van der Waals surface area (Å²) in [5.41, 5.74) is 3.35. The van der Waals surface area contributed by atoms with Crippen molar-refractivity contribution in [1.29, 1.82) is 0 Å². The molecule has 4 rings (SSSR count). The van der Waals surface area contributed by atoms with Gasteiger partial charge in [-0.2, -0.15) is 9.49 Å². The van der Waals surface area contributed by atoms with E-state index in [1.54, 1.807) is 19.1 Å². The van der Waals surface area contributed by atoms with E-state index in [2.05, 4.69) is 37.9 Å². The predicted octanol–water partition coefficient (Wildman–Crippen LogP) is 4.60. The van der Waals surface area contributed by atoms with E-state index >= 15 is 4.39 Å². The van der Waals surface area contributed by atoms with E-state index in [-0.39, 0.29) is 11.7 Å². The van der Waals surface area contributed by atoms with Crippen molar-refractivity contribution in [1.82, 2.24) is 25.7 Å². The molecule has 3 aromatic rings. The maximum atomic E-state index is 15.0. The molecular weight excluding hydrogens is 463 g/mol. The summed E-state index contributed by atoms with van der Waals surface area (Å²) >= 11 is 0. The molecule has 0 bridgehead atoms. The summed E-state index contributed by atoms with van der Waals surface area (Å²) in [5, 5.41) is 16.6.